The summed E-state index contributed by atoms with van der Waals surface area (Å²) >= 11 is 0. The molecule has 2 rings (SSSR count). The molecule has 0 heterocycles. The van der Waals surface area contributed by atoms with Gasteiger partial charge in [-0.05, 0) is 44.4 Å². The highest BCUT2D eigenvalue weighted by atomic mass is 16.4. The predicted molar refractivity (Wildman–Crippen MR) is 73.9 cm³/mol. The van der Waals surface area contributed by atoms with Gasteiger partial charge in [0.1, 0.15) is 5.54 Å². The summed E-state index contributed by atoms with van der Waals surface area (Å²) < 4.78 is 0. The molecule has 0 spiro atoms. The van der Waals surface area contributed by atoms with E-state index in [9.17, 15) is 4.79 Å². The van der Waals surface area contributed by atoms with Crippen LogP contribution in [-0.2, 0) is 4.79 Å². The minimum Gasteiger partial charge on any atom is -0.409 e. The van der Waals surface area contributed by atoms with Crippen molar-refractivity contribution in [3.63, 3.8) is 0 Å². The van der Waals surface area contributed by atoms with Crippen molar-refractivity contribution < 1.29 is 10.0 Å². The Morgan fingerprint density at radius 2 is 1.84 bits per heavy atom. The summed E-state index contributed by atoms with van der Waals surface area (Å²) in [7, 11) is 0. The fourth-order valence-corrected chi connectivity index (χ4v) is 3.38. The summed E-state index contributed by atoms with van der Waals surface area (Å²) in [5.74, 6) is 1.07. The van der Waals surface area contributed by atoms with Crippen molar-refractivity contribution in [2.45, 2.75) is 63.8 Å². The van der Waals surface area contributed by atoms with Gasteiger partial charge in [-0.25, -0.2) is 0 Å². The number of hydrogen-bond acceptors (Lipinski definition) is 3. The zero-order chi connectivity index (χ0) is 13.9. The average Bonchev–Trinajstić information content (AvgIpc) is 2.88. The van der Waals surface area contributed by atoms with Gasteiger partial charge >= 0.3 is 0 Å². The molecule has 5 nitrogen and oxygen atoms in total. The van der Waals surface area contributed by atoms with Crippen LogP contribution in [0.4, 0.5) is 0 Å². The lowest BCUT2D eigenvalue weighted by Gasteiger charge is -2.32. The third-order valence-corrected chi connectivity index (χ3v) is 4.80. The molecule has 2 aliphatic carbocycles. The molecule has 0 aromatic rings. The molecule has 0 unspecified atom stereocenters. The molecule has 0 bridgehead atoms. The molecule has 2 saturated carbocycles. The number of oxime groups is 1. The van der Waals surface area contributed by atoms with E-state index >= 15 is 0 Å². The van der Waals surface area contributed by atoms with Crippen molar-refractivity contribution in [2.24, 2.45) is 22.7 Å². The lowest BCUT2D eigenvalue weighted by molar-refractivity contribution is -0.127. The summed E-state index contributed by atoms with van der Waals surface area (Å²) in [4.78, 5) is 12.4. The number of nitrogens with one attached hydrogen (secondary N) is 1. The summed E-state index contributed by atoms with van der Waals surface area (Å²) in [5.41, 5.74) is 5.20. The smallest absolute Gasteiger partial charge is 0.223 e. The predicted octanol–water partition coefficient (Wildman–Crippen LogP) is 1.99. The first-order valence-corrected chi connectivity index (χ1v) is 7.37. The van der Waals surface area contributed by atoms with Gasteiger partial charge in [-0.15, -0.1) is 0 Å². The van der Waals surface area contributed by atoms with Crippen LogP contribution in [0.25, 0.3) is 0 Å². The summed E-state index contributed by atoms with van der Waals surface area (Å²) in [6, 6.07) is 0. The number of rotatable bonds is 3. The number of nitrogens with two attached hydrogens (primary N) is 1. The fraction of sp³-hybridized carbons (Fsp3) is 0.857. The van der Waals surface area contributed by atoms with Crippen molar-refractivity contribution >= 4 is 11.7 Å². The first kappa shape index (κ1) is 14.2. The molecule has 4 N–H and O–H groups in total. The average molecular weight is 267 g/mol. The zero-order valence-electron chi connectivity index (χ0n) is 11.7. The van der Waals surface area contributed by atoms with E-state index in [1.54, 1.807) is 0 Å². The van der Waals surface area contributed by atoms with Crippen molar-refractivity contribution in [3.05, 3.63) is 0 Å². The van der Waals surface area contributed by atoms with Gasteiger partial charge in [0.2, 0.25) is 5.91 Å². The molecule has 0 atom stereocenters. The number of amidine groups is 1. The summed E-state index contributed by atoms with van der Waals surface area (Å²) in [5, 5.41) is 15.1. The quantitative estimate of drug-likeness (QED) is 0.316. The second-order valence-electron chi connectivity index (χ2n) is 6.22. The number of carbonyl (C=O) groups excluding carboxylic acids is 1. The topological polar surface area (TPSA) is 87.7 Å². The largest absolute Gasteiger partial charge is 0.409 e. The monoisotopic (exact) mass is 267 g/mol. The van der Waals surface area contributed by atoms with E-state index in [-0.39, 0.29) is 17.7 Å². The lowest BCUT2D eigenvalue weighted by atomic mass is 9.82. The van der Waals surface area contributed by atoms with Crippen LogP contribution in [0.3, 0.4) is 0 Å². The van der Waals surface area contributed by atoms with E-state index in [2.05, 4.69) is 17.4 Å². The standard InChI is InChI=1S/C14H25N3O2/c1-10-4-6-11(7-5-10)12(18)16-14(13(15)17-19)8-2-3-9-14/h10-11,19H,2-9H2,1H3,(H2,15,17)(H,16,18). The molecule has 0 aromatic heterocycles. The normalized spacial score (nSPS) is 31.1. The van der Waals surface area contributed by atoms with Gasteiger partial charge in [0, 0.05) is 5.92 Å². The molecule has 0 radical (unpaired) electrons. The van der Waals surface area contributed by atoms with Gasteiger partial charge in [0.25, 0.3) is 0 Å². The molecule has 2 fully saturated rings. The van der Waals surface area contributed by atoms with Crippen LogP contribution in [0.2, 0.25) is 0 Å². The highest BCUT2D eigenvalue weighted by molar-refractivity contribution is 5.94. The Hall–Kier alpha value is -1.26. The SMILES string of the molecule is CC1CCC(C(=O)NC2(C(N)=NO)CCCC2)CC1. The van der Waals surface area contributed by atoms with Crippen LogP contribution in [0.1, 0.15) is 58.3 Å². The Morgan fingerprint density at radius 1 is 1.26 bits per heavy atom. The van der Waals surface area contributed by atoms with E-state index in [1.165, 1.54) is 0 Å². The zero-order valence-corrected chi connectivity index (χ0v) is 11.7. The Kier molecular flexibility index (Phi) is 4.32. The summed E-state index contributed by atoms with van der Waals surface area (Å²) in [6.45, 7) is 2.24. The Balaban J connectivity index is 2.00. The van der Waals surface area contributed by atoms with E-state index in [0.717, 1.165) is 57.3 Å². The number of carbonyl (C=O) groups is 1. The van der Waals surface area contributed by atoms with Gasteiger partial charge in [0.15, 0.2) is 5.84 Å². The molecule has 5 heteroatoms. The molecular weight excluding hydrogens is 242 g/mol. The molecule has 0 saturated heterocycles. The van der Waals surface area contributed by atoms with Gasteiger partial charge in [0.05, 0.1) is 0 Å². The van der Waals surface area contributed by atoms with Gasteiger partial charge in [-0.3, -0.25) is 4.79 Å². The van der Waals surface area contributed by atoms with Crippen LogP contribution in [0.15, 0.2) is 5.16 Å². The Labute approximate surface area is 114 Å². The van der Waals surface area contributed by atoms with Crippen LogP contribution in [0, 0.1) is 11.8 Å². The van der Waals surface area contributed by atoms with E-state index in [4.69, 9.17) is 10.9 Å². The first-order chi connectivity index (χ1) is 9.07. The van der Waals surface area contributed by atoms with Crippen molar-refractivity contribution in [1.29, 1.82) is 0 Å². The molecule has 0 aliphatic heterocycles. The Bertz CT molecular complexity index is 354. The number of nitrogens with zero attached hydrogens (tertiary/aromatic N) is 1. The van der Waals surface area contributed by atoms with Crippen molar-refractivity contribution in [2.75, 3.05) is 0 Å². The van der Waals surface area contributed by atoms with Crippen molar-refractivity contribution in [1.82, 2.24) is 5.32 Å². The van der Waals surface area contributed by atoms with Gasteiger partial charge in [-0.1, -0.05) is 24.9 Å². The lowest BCUT2D eigenvalue weighted by Crippen LogP contribution is -2.57. The van der Waals surface area contributed by atoms with Crippen molar-refractivity contribution in [3.8, 4) is 0 Å². The number of hydrogen-bond donors (Lipinski definition) is 3. The first-order valence-electron chi connectivity index (χ1n) is 7.37. The second-order valence-corrected chi connectivity index (χ2v) is 6.22. The molecule has 108 valence electrons. The van der Waals surface area contributed by atoms with E-state index in [1.807, 2.05) is 0 Å². The molecule has 19 heavy (non-hydrogen) atoms. The maximum absolute atomic E-state index is 12.4. The summed E-state index contributed by atoms with van der Waals surface area (Å²) in [6.07, 6.45) is 7.73. The second kappa shape index (κ2) is 5.80. The van der Waals surface area contributed by atoms with Crippen LogP contribution in [-0.4, -0.2) is 22.5 Å². The molecule has 1 amide bonds. The van der Waals surface area contributed by atoms with Crippen LogP contribution >= 0.6 is 0 Å². The Morgan fingerprint density at radius 3 is 2.37 bits per heavy atom. The highest BCUT2D eigenvalue weighted by Crippen LogP contribution is 2.33. The molecule has 0 aromatic carbocycles. The highest BCUT2D eigenvalue weighted by Gasteiger charge is 2.41. The van der Waals surface area contributed by atoms with E-state index in [0.29, 0.717) is 0 Å². The third kappa shape index (κ3) is 3.01. The number of amides is 1. The fourth-order valence-electron chi connectivity index (χ4n) is 3.38. The van der Waals surface area contributed by atoms with E-state index < -0.39 is 5.54 Å². The minimum atomic E-state index is -0.602. The maximum atomic E-state index is 12.4. The minimum absolute atomic E-state index is 0.0837. The van der Waals surface area contributed by atoms with Gasteiger partial charge < -0.3 is 16.3 Å². The molecule has 2 aliphatic rings. The maximum Gasteiger partial charge on any atom is 0.223 e. The third-order valence-electron chi connectivity index (χ3n) is 4.80. The van der Waals surface area contributed by atoms with Crippen LogP contribution in [0.5, 0.6) is 0 Å². The molecular formula is C14H25N3O2. The van der Waals surface area contributed by atoms with Crippen LogP contribution < -0.4 is 11.1 Å². The van der Waals surface area contributed by atoms with Gasteiger partial charge in [-0.2, -0.15) is 0 Å².